The number of carbonyl (C=O) groups excluding carboxylic acids is 2. The fourth-order valence-electron chi connectivity index (χ4n) is 6.28. The molecule has 44 heavy (non-hydrogen) atoms. The number of phenolic OH excluding ortho intramolecular Hbond substituents is 1. The third-order valence-electron chi connectivity index (χ3n) is 8.54. The summed E-state index contributed by atoms with van der Waals surface area (Å²) in [5.74, 6) is 1.74. The topological polar surface area (TPSA) is 107 Å². The van der Waals surface area contributed by atoms with E-state index in [4.69, 9.17) is 21.3 Å². The summed E-state index contributed by atoms with van der Waals surface area (Å²) in [5.41, 5.74) is 3.25. The van der Waals surface area contributed by atoms with E-state index in [1.807, 2.05) is 56.3 Å². The van der Waals surface area contributed by atoms with Gasteiger partial charge in [-0.25, -0.2) is 4.98 Å². The molecule has 234 valence electrons. The smallest absolute Gasteiger partial charge is 0.233 e. The first kappa shape index (κ1) is 31.6. The highest BCUT2D eigenvalue weighted by Crippen LogP contribution is 2.43. The molecule has 2 amide bonds. The predicted molar refractivity (Wildman–Crippen MR) is 174 cm³/mol. The summed E-state index contributed by atoms with van der Waals surface area (Å²) in [4.78, 5) is 34.0. The molecule has 0 spiro atoms. The van der Waals surface area contributed by atoms with Crippen LogP contribution in [0, 0.1) is 5.92 Å². The Morgan fingerprint density at radius 1 is 1.14 bits per heavy atom. The molecule has 1 aliphatic carbocycles. The van der Waals surface area contributed by atoms with Gasteiger partial charge in [0.25, 0.3) is 0 Å². The molecule has 9 nitrogen and oxygen atoms in total. The van der Waals surface area contributed by atoms with Gasteiger partial charge >= 0.3 is 0 Å². The number of phenols is 1. The van der Waals surface area contributed by atoms with Crippen molar-refractivity contribution in [1.82, 2.24) is 15.6 Å². The maximum Gasteiger partial charge on any atom is 0.233 e. The van der Waals surface area contributed by atoms with Crippen molar-refractivity contribution in [3.8, 4) is 11.5 Å². The van der Waals surface area contributed by atoms with Crippen LogP contribution in [0.4, 0.5) is 11.5 Å². The highest BCUT2D eigenvalue weighted by Gasteiger charge is 2.36. The molecule has 0 bridgehead atoms. The number of hydrogen-bond acceptors (Lipinski definition) is 7. The van der Waals surface area contributed by atoms with E-state index in [0.717, 1.165) is 54.7 Å². The average Bonchev–Trinajstić information content (AvgIpc) is 3.01. The minimum Gasteiger partial charge on any atom is -0.504 e. The summed E-state index contributed by atoms with van der Waals surface area (Å²) in [6, 6.07) is 14.8. The van der Waals surface area contributed by atoms with Crippen LogP contribution in [0.25, 0.3) is 0 Å². The Balaban J connectivity index is 1.34. The van der Waals surface area contributed by atoms with Gasteiger partial charge in [0, 0.05) is 31.7 Å². The molecule has 3 N–H and O–H groups in total. The minimum absolute atomic E-state index is 0.0144. The number of carbonyl (C=O) groups is 2. The second-order valence-corrected chi connectivity index (χ2v) is 12.5. The Bertz CT molecular complexity index is 1460. The van der Waals surface area contributed by atoms with Gasteiger partial charge in [0.05, 0.1) is 37.0 Å². The standard InChI is InChI=1S/C34H42ClN5O4/c1-21(2)44-30-17-28-24(15-29(30)41)16-33(43)40(34(28)23-7-9-25(35)10-8-23)27-13-14-31(38-18-27)39(4)20-22-5-11-26(12-6-22)37-19-32(42)36-3/h7-10,13-15,17-18,21-22,26,34,37,41H,5-6,11-12,16,19-20H2,1-4H3,(H,36,42). The van der Waals surface area contributed by atoms with Crippen LogP contribution in [0.15, 0.2) is 54.7 Å². The zero-order valence-electron chi connectivity index (χ0n) is 25.8. The molecule has 5 rings (SSSR count). The van der Waals surface area contributed by atoms with Gasteiger partial charge in [0.1, 0.15) is 5.82 Å². The van der Waals surface area contributed by atoms with E-state index >= 15 is 0 Å². The number of nitrogens with zero attached hydrogens (tertiary/aromatic N) is 3. The number of aromatic hydroxyl groups is 1. The van der Waals surface area contributed by atoms with Crippen LogP contribution in [-0.4, -0.2) is 61.2 Å². The molecule has 1 atom stereocenters. The number of anilines is 2. The second kappa shape index (κ2) is 13.9. The lowest BCUT2D eigenvalue weighted by Crippen LogP contribution is -2.41. The first-order chi connectivity index (χ1) is 21.1. The van der Waals surface area contributed by atoms with E-state index in [-0.39, 0.29) is 30.1 Å². The first-order valence-corrected chi connectivity index (χ1v) is 15.7. The van der Waals surface area contributed by atoms with Crippen molar-refractivity contribution in [3.63, 3.8) is 0 Å². The molecule has 1 saturated carbocycles. The summed E-state index contributed by atoms with van der Waals surface area (Å²) in [5, 5.41) is 17.3. The number of ether oxygens (including phenoxy) is 1. The number of aromatic nitrogens is 1. The number of halogens is 1. The quantitative estimate of drug-likeness (QED) is 0.285. The van der Waals surface area contributed by atoms with Crippen LogP contribution in [0.3, 0.4) is 0 Å². The maximum absolute atomic E-state index is 13.7. The van der Waals surface area contributed by atoms with Gasteiger partial charge in [-0.2, -0.15) is 0 Å². The summed E-state index contributed by atoms with van der Waals surface area (Å²) < 4.78 is 5.91. The van der Waals surface area contributed by atoms with Crippen molar-refractivity contribution in [3.05, 3.63) is 76.4 Å². The molecule has 1 unspecified atom stereocenters. The summed E-state index contributed by atoms with van der Waals surface area (Å²) in [6.07, 6.45) is 6.08. The zero-order valence-corrected chi connectivity index (χ0v) is 26.6. The molecule has 3 aromatic rings. The van der Waals surface area contributed by atoms with E-state index in [9.17, 15) is 14.7 Å². The van der Waals surface area contributed by atoms with Gasteiger partial charge in [-0.3, -0.25) is 14.5 Å². The Labute approximate surface area is 264 Å². The highest BCUT2D eigenvalue weighted by molar-refractivity contribution is 6.30. The number of hydrogen-bond donors (Lipinski definition) is 3. The van der Waals surface area contributed by atoms with Gasteiger partial charge in [-0.15, -0.1) is 0 Å². The van der Waals surface area contributed by atoms with Gasteiger partial charge in [-0.05, 0) is 98.5 Å². The van der Waals surface area contributed by atoms with E-state index in [1.54, 1.807) is 24.2 Å². The number of benzene rings is 2. The van der Waals surface area contributed by atoms with E-state index in [0.29, 0.717) is 35.0 Å². The van der Waals surface area contributed by atoms with Crippen molar-refractivity contribution in [2.75, 3.05) is 37.0 Å². The van der Waals surface area contributed by atoms with Gasteiger partial charge in [-0.1, -0.05) is 23.7 Å². The summed E-state index contributed by atoms with van der Waals surface area (Å²) in [7, 11) is 3.71. The van der Waals surface area contributed by atoms with Crippen molar-refractivity contribution >= 4 is 34.9 Å². The third-order valence-corrected chi connectivity index (χ3v) is 8.79. The molecule has 1 aliphatic heterocycles. The molecular weight excluding hydrogens is 578 g/mol. The van der Waals surface area contributed by atoms with Crippen LogP contribution in [0.2, 0.25) is 5.02 Å². The predicted octanol–water partition coefficient (Wildman–Crippen LogP) is 5.24. The summed E-state index contributed by atoms with van der Waals surface area (Å²) in [6.45, 7) is 5.07. The lowest BCUT2D eigenvalue weighted by atomic mass is 9.85. The zero-order chi connectivity index (χ0) is 31.4. The highest BCUT2D eigenvalue weighted by atomic mass is 35.5. The van der Waals surface area contributed by atoms with Crippen LogP contribution >= 0.6 is 11.6 Å². The Kier molecular flexibility index (Phi) is 9.96. The molecule has 2 heterocycles. The Hall–Kier alpha value is -3.82. The molecule has 0 radical (unpaired) electrons. The Morgan fingerprint density at radius 3 is 2.50 bits per heavy atom. The SMILES string of the molecule is CNC(=O)CNC1CCC(CN(C)c2ccc(N3C(=O)Cc4cc(O)c(OC(C)C)cc4C3c3ccc(Cl)cc3)cn2)CC1. The molecular formula is C34H42ClN5O4. The molecule has 1 aromatic heterocycles. The monoisotopic (exact) mass is 619 g/mol. The van der Waals surface area contributed by atoms with Crippen molar-refractivity contribution in [1.29, 1.82) is 0 Å². The Morgan fingerprint density at radius 2 is 1.86 bits per heavy atom. The van der Waals surface area contributed by atoms with Gasteiger partial charge in [0.15, 0.2) is 11.5 Å². The van der Waals surface area contributed by atoms with Crippen LogP contribution in [0.1, 0.15) is 62.3 Å². The fraction of sp³-hybridized carbons (Fsp3) is 0.441. The second-order valence-electron chi connectivity index (χ2n) is 12.1. The summed E-state index contributed by atoms with van der Waals surface area (Å²) >= 11 is 6.23. The number of likely N-dealkylation sites (N-methyl/N-ethyl adjacent to an activating group) is 1. The third kappa shape index (κ3) is 7.27. The molecule has 2 aromatic carbocycles. The van der Waals surface area contributed by atoms with E-state index in [1.165, 1.54) is 0 Å². The van der Waals surface area contributed by atoms with Crippen molar-refractivity contribution in [2.24, 2.45) is 5.92 Å². The lowest BCUT2D eigenvalue weighted by molar-refractivity contribution is -0.120. The van der Waals surface area contributed by atoms with Crippen molar-refractivity contribution in [2.45, 2.75) is 64.1 Å². The normalized spacial score (nSPS) is 19.9. The van der Waals surface area contributed by atoms with Gasteiger partial charge < -0.3 is 25.4 Å². The largest absolute Gasteiger partial charge is 0.504 e. The maximum atomic E-state index is 13.7. The number of nitrogens with one attached hydrogen (secondary N) is 2. The van der Waals surface area contributed by atoms with Crippen LogP contribution in [-0.2, 0) is 16.0 Å². The van der Waals surface area contributed by atoms with Crippen LogP contribution < -0.4 is 25.2 Å². The number of pyridine rings is 1. The number of amides is 2. The van der Waals surface area contributed by atoms with Crippen molar-refractivity contribution < 1.29 is 19.4 Å². The van der Waals surface area contributed by atoms with Crippen LogP contribution in [0.5, 0.6) is 11.5 Å². The minimum atomic E-state index is -0.448. The molecule has 2 aliphatic rings. The van der Waals surface area contributed by atoms with E-state index < -0.39 is 6.04 Å². The fourth-order valence-corrected chi connectivity index (χ4v) is 6.41. The van der Waals surface area contributed by atoms with Gasteiger partial charge in [0.2, 0.25) is 11.8 Å². The van der Waals surface area contributed by atoms with E-state index in [2.05, 4.69) is 22.6 Å². The first-order valence-electron chi connectivity index (χ1n) is 15.3. The number of rotatable bonds is 10. The molecule has 10 heteroatoms. The average molecular weight is 620 g/mol. The lowest BCUT2D eigenvalue weighted by Gasteiger charge is -2.38. The molecule has 1 fully saturated rings. The number of fused-ring (bicyclic) bond motifs is 1. The molecule has 0 saturated heterocycles.